The molecule has 1 atom stereocenters. The number of rotatable bonds is 6. The summed E-state index contributed by atoms with van der Waals surface area (Å²) in [7, 11) is 0. The second-order valence-electron chi connectivity index (χ2n) is 5.67. The van der Waals surface area contributed by atoms with Crippen molar-refractivity contribution in [2.75, 3.05) is 19.7 Å². The molecule has 1 N–H and O–H groups in total. The largest absolute Gasteiger partial charge is 0.369 e. The molecule has 0 aliphatic heterocycles. The molecule has 0 fully saturated rings. The van der Waals surface area contributed by atoms with E-state index in [0.717, 1.165) is 24.7 Å². The lowest BCUT2D eigenvalue weighted by atomic mass is 9.91. The summed E-state index contributed by atoms with van der Waals surface area (Å²) in [4.78, 5) is 6.41. The van der Waals surface area contributed by atoms with Crippen LogP contribution in [-0.2, 0) is 16.8 Å². The Bertz CT molecular complexity index is 414. The van der Waals surface area contributed by atoms with Crippen molar-refractivity contribution in [1.82, 2.24) is 10.3 Å². The van der Waals surface area contributed by atoms with Gasteiger partial charge in [0.2, 0.25) is 0 Å². The summed E-state index contributed by atoms with van der Waals surface area (Å²) < 4.78 is 5.84. The van der Waals surface area contributed by atoms with Crippen LogP contribution in [0.15, 0.2) is 0 Å². The Morgan fingerprint density at radius 2 is 2.21 bits per heavy atom. The number of ether oxygens (including phenoxy) is 1. The summed E-state index contributed by atoms with van der Waals surface area (Å²) in [6, 6.07) is 0. The van der Waals surface area contributed by atoms with Crippen molar-refractivity contribution in [3.05, 3.63) is 15.6 Å². The van der Waals surface area contributed by atoms with Gasteiger partial charge >= 0.3 is 0 Å². The van der Waals surface area contributed by atoms with Crippen molar-refractivity contribution in [3.8, 4) is 0 Å². The molecule has 4 heteroatoms. The van der Waals surface area contributed by atoms with Crippen LogP contribution in [0, 0.1) is 0 Å². The lowest BCUT2D eigenvalue weighted by molar-refractivity contribution is -0.0142. The average molecular weight is 282 g/mol. The first-order valence-corrected chi connectivity index (χ1v) is 8.24. The third-order valence-electron chi connectivity index (χ3n) is 3.73. The van der Waals surface area contributed by atoms with E-state index in [1.807, 2.05) is 18.3 Å². The van der Waals surface area contributed by atoms with Crippen molar-refractivity contribution < 1.29 is 4.74 Å². The molecule has 0 saturated carbocycles. The zero-order valence-corrected chi connectivity index (χ0v) is 13.4. The lowest BCUT2D eigenvalue weighted by Crippen LogP contribution is -2.24. The molecular weight excluding hydrogens is 256 g/mol. The maximum absolute atomic E-state index is 5.84. The molecule has 19 heavy (non-hydrogen) atoms. The van der Waals surface area contributed by atoms with Crippen molar-refractivity contribution >= 4 is 11.3 Å². The van der Waals surface area contributed by atoms with Gasteiger partial charge in [-0.25, -0.2) is 4.98 Å². The third kappa shape index (κ3) is 3.36. The quantitative estimate of drug-likeness (QED) is 0.868. The molecular formula is C15H26N2OS. The van der Waals surface area contributed by atoms with Crippen LogP contribution in [-0.4, -0.2) is 24.7 Å². The molecule has 1 unspecified atom stereocenters. The van der Waals surface area contributed by atoms with E-state index in [4.69, 9.17) is 9.72 Å². The molecule has 0 aromatic carbocycles. The van der Waals surface area contributed by atoms with Crippen molar-refractivity contribution in [2.45, 2.75) is 58.5 Å². The van der Waals surface area contributed by atoms with Gasteiger partial charge in [-0.1, -0.05) is 6.92 Å². The molecule has 108 valence electrons. The number of hydrogen-bond acceptors (Lipinski definition) is 4. The van der Waals surface area contributed by atoms with Gasteiger partial charge in [0.25, 0.3) is 0 Å². The van der Waals surface area contributed by atoms with Crippen molar-refractivity contribution in [2.24, 2.45) is 0 Å². The Morgan fingerprint density at radius 1 is 1.42 bits per heavy atom. The fourth-order valence-corrected chi connectivity index (χ4v) is 3.95. The molecule has 1 aromatic heterocycles. The Labute approximate surface area is 120 Å². The van der Waals surface area contributed by atoms with E-state index in [9.17, 15) is 0 Å². The smallest absolute Gasteiger partial charge is 0.125 e. The van der Waals surface area contributed by atoms with Gasteiger partial charge in [0.05, 0.1) is 5.69 Å². The van der Waals surface area contributed by atoms with Gasteiger partial charge in [-0.15, -0.1) is 11.3 Å². The number of fused-ring (bicyclic) bond motifs is 1. The maximum Gasteiger partial charge on any atom is 0.125 e. The predicted molar refractivity (Wildman–Crippen MR) is 81.0 cm³/mol. The number of thiazole rings is 1. The van der Waals surface area contributed by atoms with E-state index in [-0.39, 0.29) is 5.60 Å². The van der Waals surface area contributed by atoms with Crippen LogP contribution in [0.5, 0.6) is 0 Å². The molecule has 1 aromatic rings. The summed E-state index contributed by atoms with van der Waals surface area (Å²) in [5, 5.41) is 4.61. The number of likely N-dealkylation sites (N-methyl/N-ethyl adjacent to an activating group) is 1. The predicted octanol–water partition coefficient (Wildman–Crippen LogP) is 3.44. The fourth-order valence-electron chi connectivity index (χ4n) is 2.70. The number of hydrogen-bond donors (Lipinski definition) is 1. The average Bonchev–Trinajstić information content (AvgIpc) is 2.81. The van der Waals surface area contributed by atoms with Crippen LogP contribution in [0.1, 0.15) is 62.0 Å². The Balaban J connectivity index is 2.20. The van der Waals surface area contributed by atoms with E-state index in [1.165, 1.54) is 29.8 Å². The highest BCUT2D eigenvalue weighted by atomic mass is 32.1. The first-order valence-electron chi connectivity index (χ1n) is 7.43. The highest BCUT2D eigenvalue weighted by Gasteiger charge is 2.30. The van der Waals surface area contributed by atoms with Crippen LogP contribution >= 0.6 is 11.3 Å². The van der Waals surface area contributed by atoms with E-state index in [2.05, 4.69) is 26.1 Å². The number of aryl methyl sites for hydroxylation is 1. The molecule has 0 saturated heterocycles. The molecule has 2 rings (SSSR count). The van der Waals surface area contributed by atoms with Gasteiger partial charge in [0.1, 0.15) is 10.6 Å². The lowest BCUT2D eigenvalue weighted by Gasteiger charge is -2.22. The van der Waals surface area contributed by atoms with Gasteiger partial charge in [-0.2, -0.15) is 0 Å². The maximum atomic E-state index is 5.84. The SMILES string of the molecule is CCNCC1CCCc2sc(C(C)(C)OCC)nc21. The van der Waals surface area contributed by atoms with Gasteiger partial charge in [0, 0.05) is 23.9 Å². The van der Waals surface area contributed by atoms with E-state index in [0.29, 0.717) is 5.92 Å². The molecule has 1 aliphatic rings. The minimum atomic E-state index is -0.251. The van der Waals surface area contributed by atoms with Crippen molar-refractivity contribution in [3.63, 3.8) is 0 Å². The highest BCUT2D eigenvalue weighted by molar-refractivity contribution is 7.11. The van der Waals surface area contributed by atoms with Crippen LogP contribution in [0.3, 0.4) is 0 Å². The zero-order valence-electron chi connectivity index (χ0n) is 12.6. The Kier molecular flexibility index (Phi) is 4.98. The zero-order chi connectivity index (χ0) is 13.9. The first kappa shape index (κ1) is 14.9. The minimum Gasteiger partial charge on any atom is -0.369 e. The molecule has 0 amide bonds. The van der Waals surface area contributed by atoms with Gasteiger partial charge in [0.15, 0.2) is 0 Å². The molecule has 3 nitrogen and oxygen atoms in total. The summed E-state index contributed by atoms with van der Waals surface area (Å²) >= 11 is 1.86. The highest BCUT2D eigenvalue weighted by Crippen LogP contribution is 2.38. The Morgan fingerprint density at radius 3 is 2.89 bits per heavy atom. The van der Waals surface area contributed by atoms with Crippen molar-refractivity contribution in [1.29, 1.82) is 0 Å². The second-order valence-corrected chi connectivity index (χ2v) is 6.75. The minimum absolute atomic E-state index is 0.251. The monoisotopic (exact) mass is 282 g/mol. The van der Waals surface area contributed by atoms with E-state index >= 15 is 0 Å². The second kappa shape index (κ2) is 6.33. The molecule has 0 bridgehead atoms. The molecule has 0 radical (unpaired) electrons. The van der Waals surface area contributed by atoms with E-state index in [1.54, 1.807) is 0 Å². The van der Waals surface area contributed by atoms with Gasteiger partial charge < -0.3 is 10.1 Å². The molecule has 1 heterocycles. The van der Waals surface area contributed by atoms with Crippen LogP contribution in [0.2, 0.25) is 0 Å². The summed E-state index contributed by atoms with van der Waals surface area (Å²) in [6.07, 6.45) is 3.75. The summed E-state index contributed by atoms with van der Waals surface area (Å²) in [6.45, 7) is 11.3. The number of nitrogens with one attached hydrogen (secondary N) is 1. The normalized spacial score (nSPS) is 19.5. The summed E-state index contributed by atoms with van der Waals surface area (Å²) in [5.74, 6) is 0.589. The topological polar surface area (TPSA) is 34.1 Å². The third-order valence-corrected chi connectivity index (χ3v) is 5.17. The number of nitrogens with zero attached hydrogens (tertiary/aromatic N) is 1. The molecule has 1 aliphatic carbocycles. The fraction of sp³-hybridized carbons (Fsp3) is 0.800. The standard InChI is InChI=1S/C15H26N2OS/c1-5-16-10-11-8-7-9-12-13(11)17-14(19-12)15(3,4)18-6-2/h11,16H,5-10H2,1-4H3. The van der Waals surface area contributed by atoms with Crippen LogP contribution in [0.4, 0.5) is 0 Å². The van der Waals surface area contributed by atoms with Crippen LogP contribution in [0.25, 0.3) is 0 Å². The van der Waals surface area contributed by atoms with Gasteiger partial charge in [-0.05, 0) is 46.6 Å². The van der Waals surface area contributed by atoms with Gasteiger partial charge in [-0.3, -0.25) is 0 Å². The number of aromatic nitrogens is 1. The summed E-state index contributed by atoms with van der Waals surface area (Å²) in [5.41, 5.74) is 1.08. The van der Waals surface area contributed by atoms with E-state index < -0.39 is 0 Å². The Hall–Kier alpha value is -0.450. The molecule has 0 spiro atoms. The van der Waals surface area contributed by atoms with Crippen LogP contribution < -0.4 is 5.32 Å². The first-order chi connectivity index (χ1) is 9.08.